The van der Waals surface area contributed by atoms with Crippen molar-refractivity contribution in [2.24, 2.45) is 0 Å². The lowest BCUT2D eigenvalue weighted by Gasteiger charge is -2.19. The summed E-state index contributed by atoms with van der Waals surface area (Å²) in [6.07, 6.45) is 1.56. The van der Waals surface area contributed by atoms with Crippen molar-refractivity contribution in [1.29, 1.82) is 0 Å². The minimum atomic E-state index is -0.252. The maximum absolute atomic E-state index is 12.2. The molecule has 0 unspecified atom stereocenters. The van der Waals surface area contributed by atoms with Gasteiger partial charge in [0.05, 0.1) is 17.4 Å². The van der Waals surface area contributed by atoms with Gasteiger partial charge < -0.3 is 5.32 Å². The molecule has 0 aromatic carbocycles. The molecule has 0 radical (unpaired) electrons. The first-order valence-corrected chi connectivity index (χ1v) is 7.50. The Kier molecular flexibility index (Phi) is 3.46. The summed E-state index contributed by atoms with van der Waals surface area (Å²) in [5, 5.41) is 15.1. The van der Waals surface area contributed by atoms with Gasteiger partial charge in [-0.1, -0.05) is 0 Å². The van der Waals surface area contributed by atoms with E-state index in [1.54, 1.807) is 10.9 Å². The van der Waals surface area contributed by atoms with Crippen LogP contribution in [0.2, 0.25) is 0 Å². The number of fused-ring (bicyclic) bond motifs is 1. The fraction of sp³-hybridized carbons (Fsp3) is 0.467. The predicted octanol–water partition coefficient (Wildman–Crippen LogP) is 1.83. The summed E-state index contributed by atoms with van der Waals surface area (Å²) < 4.78 is 1.76. The first-order chi connectivity index (χ1) is 10.8. The largest absolute Gasteiger partial charge is 0.351 e. The van der Waals surface area contributed by atoms with Crippen molar-refractivity contribution in [2.45, 2.75) is 46.7 Å². The van der Waals surface area contributed by atoms with Gasteiger partial charge in [-0.05, 0) is 34.6 Å². The Balaban J connectivity index is 1.97. The van der Waals surface area contributed by atoms with Crippen molar-refractivity contribution in [2.75, 3.05) is 5.32 Å². The van der Waals surface area contributed by atoms with Crippen LogP contribution in [-0.4, -0.2) is 29.9 Å². The van der Waals surface area contributed by atoms with E-state index >= 15 is 0 Å². The van der Waals surface area contributed by atoms with Crippen molar-refractivity contribution in [1.82, 2.24) is 29.9 Å². The molecule has 0 bridgehead atoms. The molecule has 0 spiro atoms. The van der Waals surface area contributed by atoms with Crippen LogP contribution >= 0.6 is 0 Å². The highest BCUT2D eigenvalue weighted by molar-refractivity contribution is 5.74. The summed E-state index contributed by atoms with van der Waals surface area (Å²) >= 11 is 0. The third-order valence-corrected chi connectivity index (χ3v) is 3.79. The van der Waals surface area contributed by atoms with E-state index in [1.165, 1.54) is 0 Å². The molecule has 0 fully saturated rings. The van der Waals surface area contributed by atoms with Gasteiger partial charge in [-0.15, -0.1) is 0 Å². The molecular weight excluding hydrogens is 294 g/mol. The second kappa shape index (κ2) is 5.22. The zero-order chi connectivity index (χ0) is 16.8. The van der Waals surface area contributed by atoms with E-state index in [0.717, 1.165) is 17.0 Å². The third-order valence-electron chi connectivity index (χ3n) is 3.79. The predicted molar refractivity (Wildman–Crippen MR) is 88.5 cm³/mol. The average molecular weight is 315 g/mol. The van der Waals surface area contributed by atoms with Crippen LogP contribution in [0.3, 0.4) is 0 Å². The van der Waals surface area contributed by atoms with E-state index < -0.39 is 0 Å². The lowest BCUT2D eigenvalue weighted by molar-refractivity contribution is 0.366. The van der Waals surface area contributed by atoms with Crippen LogP contribution in [-0.2, 0) is 12.1 Å². The maximum Gasteiger partial charge on any atom is 0.263 e. The van der Waals surface area contributed by atoms with Gasteiger partial charge in [0.25, 0.3) is 5.56 Å². The molecule has 3 aromatic heterocycles. The molecule has 0 aliphatic rings. The molecule has 0 aliphatic heterocycles. The minimum absolute atomic E-state index is 0.200. The van der Waals surface area contributed by atoms with E-state index in [-0.39, 0.29) is 11.1 Å². The Morgan fingerprint density at radius 2 is 2.04 bits per heavy atom. The fourth-order valence-corrected chi connectivity index (χ4v) is 2.50. The fourth-order valence-electron chi connectivity index (χ4n) is 2.50. The highest BCUT2D eigenvalue weighted by Crippen LogP contribution is 2.19. The summed E-state index contributed by atoms with van der Waals surface area (Å²) in [6.45, 7) is 10.5. The second-order valence-corrected chi connectivity index (χ2v) is 6.65. The van der Waals surface area contributed by atoms with Crippen molar-refractivity contribution in [3.8, 4) is 0 Å². The number of anilines is 1. The third kappa shape index (κ3) is 2.71. The topological polar surface area (TPSA) is 104 Å². The van der Waals surface area contributed by atoms with E-state index in [1.807, 2.05) is 34.6 Å². The Hall–Kier alpha value is -2.64. The van der Waals surface area contributed by atoms with Crippen LogP contribution in [0.4, 0.5) is 5.95 Å². The summed E-state index contributed by atoms with van der Waals surface area (Å²) in [4.78, 5) is 19.5. The van der Waals surface area contributed by atoms with Gasteiger partial charge in [0.1, 0.15) is 5.39 Å². The average Bonchev–Trinajstić information content (AvgIpc) is 3.01. The standard InChI is InChI=1S/C15H21N7O/c1-8-10(9(2)21-20-8)6-16-14-18-12-11(13(23)19-14)7-17-22(12)15(3,4)5/h7H,6H2,1-5H3,(H,20,21)(H2,16,18,19,23). The zero-order valence-electron chi connectivity index (χ0n) is 14.0. The molecule has 0 aliphatic carbocycles. The van der Waals surface area contributed by atoms with Gasteiger partial charge >= 0.3 is 0 Å². The van der Waals surface area contributed by atoms with Gasteiger partial charge in [-0.2, -0.15) is 15.2 Å². The zero-order valence-corrected chi connectivity index (χ0v) is 14.0. The smallest absolute Gasteiger partial charge is 0.263 e. The van der Waals surface area contributed by atoms with Crippen LogP contribution < -0.4 is 10.9 Å². The highest BCUT2D eigenvalue weighted by atomic mass is 16.1. The number of hydrogen-bond donors (Lipinski definition) is 3. The number of rotatable bonds is 3. The SMILES string of the molecule is Cc1n[nH]c(C)c1CNc1nc2c(cnn2C(C)(C)C)c(=O)[nH]1. The van der Waals surface area contributed by atoms with Crippen LogP contribution in [0.1, 0.15) is 37.7 Å². The molecule has 0 saturated carbocycles. The normalized spacial score (nSPS) is 12.0. The lowest BCUT2D eigenvalue weighted by Crippen LogP contribution is -2.24. The number of nitrogens with one attached hydrogen (secondary N) is 3. The van der Waals surface area contributed by atoms with Crippen molar-refractivity contribution >= 4 is 17.0 Å². The Morgan fingerprint density at radius 1 is 1.30 bits per heavy atom. The Labute approximate surface area is 133 Å². The maximum atomic E-state index is 12.2. The van der Waals surface area contributed by atoms with Gasteiger partial charge in [-0.25, -0.2) is 4.68 Å². The molecule has 8 heteroatoms. The van der Waals surface area contributed by atoms with Crippen LogP contribution in [0.15, 0.2) is 11.0 Å². The number of nitrogens with zero attached hydrogens (tertiary/aromatic N) is 4. The number of aromatic nitrogens is 6. The van der Waals surface area contributed by atoms with Crippen LogP contribution in [0, 0.1) is 13.8 Å². The Bertz CT molecular complexity index is 891. The van der Waals surface area contributed by atoms with E-state index in [2.05, 4.69) is 30.6 Å². The van der Waals surface area contributed by atoms with Gasteiger partial charge in [0.15, 0.2) is 5.65 Å². The van der Waals surface area contributed by atoms with Gasteiger partial charge in [-0.3, -0.25) is 14.9 Å². The molecule has 122 valence electrons. The monoisotopic (exact) mass is 315 g/mol. The van der Waals surface area contributed by atoms with E-state index in [9.17, 15) is 4.79 Å². The highest BCUT2D eigenvalue weighted by Gasteiger charge is 2.20. The second-order valence-electron chi connectivity index (χ2n) is 6.65. The molecule has 0 amide bonds. The summed E-state index contributed by atoms with van der Waals surface area (Å²) in [6, 6.07) is 0. The number of hydrogen-bond acceptors (Lipinski definition) is 5. The molecule has 3 aromatic rings. The van der Waals surface area contributed by atoms with E-state index in [4.69, 9.17) is 0 Å². The van der Waals surface area contributed by atoms with Crippen molar-refractivity contribution in [3.05, 3.63) is 33.5 Å². The summed E-state index contributed by atoms with van der Waals surface area (Å²) in [5.74, 6) is 0.425. The molecular formula is C15H21N7O. The first-order valence-electron chi connectivity index (χ1n) is 7.50. The quantitative estimate of drug-likeness (QED) is 0.684. The molecule has 23 heavy (non-hydrogen) atoms. The van der Waals surface area contributed by atoms with Gasteiger partial charge in [0, 0.05) is 17.8 Å². The molecule has 3 heterocycles. The van der Waals surface area contributed by atoms with Crippen LogP contribution in [0.25, 0.3) is 11.0 Å². The lowest BCUT2D eigenvalue weighted by atomic mass is 10.1. The van der Waals surface area contributed by atoms with Crippen molar-refractivity contribution in [3.63, 3.8) is 0 Å². The molecule has 8 nitrogen and oxygen atoms in total. The van der Waals surface area contributed by atoms with E-state index in [0.29, 0.717) is 23.5 Å². The Morgan fingerprint density at radius 3 is 2.65 bits per heavy atom. The summed E-state index contributed by atoms with van der Waals surface area (Å²) in [5.41, 5.74) is 3.11. The first kappa shape index (κ1) is 15.3. The minimum Gasteiger partial charge on any atom is -0.351 e. The van der Waals surface area contributed by atoms with Crippen LogP contribution in [0.5, 0.6) is 0 Å². The molecule has 3 rings (SSSR count). The molecule has 3 N–H and O–H groups in total. The van der Waals surface area contributed by atoms with Crippen molar-refractivity contribution < 1.29 is 0 Å². The van der Waals surface area contributed by atoms with Gasteiger partial charge in [0.2, 0.25) is 5.95 Å². The molecule has 0 saturated heterocycles. The number of aryl methyl sites for hydroxylation is 2. The number of aromatic amines is 2. The number of H-pyrrole nitrogens is 2. The molecule has 0 atom stereocenters. The summed E-state index contributed by atoms with van der Waals surface area (Å²) in [7, 11) is 0.